The summed E-state index contributed by atoms with van der Waals surface area (Å²) in [5.74, 6) is -1.04. The Morgan fingerprint density at radius 3 is 2.67 bits per heavy atom. The fourth-order valence-electron chi connectivity index (χ4n) is 1.06. The van der Waals surface area contributed by atoms with Crippen LogP contribution in [0.5, 0.6) is 0 Å². The average molecular weight is 209 g/mol. The van der Waals surface area contributed by atoms with Crippen molar-refractivity contribution in [1.82, 2.24) is 0 Å². The van der Waals surface area contributed by atoms with Crippen LogP contribution in [0.4, 0.5) is 0 Å². The molecule has 1 aromatic carbocycles. The van der Waals surface area contributed by atoms with Gasteiger partial charge in [0.05, 0.1) is 7.11 Å². The number of rotatable bonds is 5. The van der Waals surface area contributed by atoms with Gasteiger partial charge < -0.3 is 9.99 Å². The fourth-order valence-corrected chi connectivity index (χ4v) is 1.06. The van der Waals surface area contributed by atoms with Gasteiger partial charge in [-0.1, -0.05) is 30.3 Å². The van der Waals surface area contributed by atoms with Gasteiger partial charge in [0.2, 0.25) is 6.40 Å². The summed E-state index contributed by atoms with van der Waals surface area (Å²) in [6, 6.07) is 7.70. The van der Waals surface area contributed by atoms with Crippen LogP contribution >= 0.6 is 0 Å². The molecule has 0 heterocycles. The molecule has 0 aliphatic carbocycles. The number of carbonyl (C=O) groups is 1. The summed E-state index contributed by atoms with van der Waals surface area (Å²) in [7, 11) is 1.31. The van der Waals surface area contributed by atoms with Gasteiger partial charge in [0.15, 0.2) is 6.04 Å². The number of aliphatic imine (C=N–C) groups is 1. The lowest BCUT2D eigenvalue weighted by atomic mass is 10.1. The summed E-state index contributed by atoms with van der Waals surface area (Å²) >= 11 is 0. The van der Waals surface area contributed by atoms with Gasteiger partial charge in [-0.25, -0.2) is 9.79 Å². The Labute approximate surface area is 86.9 Å². The molecule has 0 spiro atoms. The van der Waals surface area contributed by atoms with Gasteiger partial charge in [-0.05, 0) is 5.56 Å². The van der Waals surface area contributed by atoms with Crippen molar-refractivity contribution in [2.24, 2.45) is 4.99 Å². The highest BCUT2D eigenvalue weighted by atomic mass is 17.2. The van der Waals surface area contributed by atoms with E-state index in [1.54, 1.807) is 30.3 Å². The molecule has 1 aromatic rings. The van der Waals surface area contributed by atoms with E-state index >= 15 is 0 Å². The predicted octanol–water partition coefficient (Wildman–Crippen LogP) is 1.42. The Bertz CT molecular complexity index is 337. The van der Waals surface area contributed by atoms with Gasteiger partial charge in [-0.2, -0.15) is 4.89 Å². The molecule has 0 aliphatic rings. The first-order valence-corrected chi connectivity index (χ1v) is 4.24. The second-order valence-corrected chi connectivity index (χ2v) is 2.67. The highest BCUT2D eigenvalue weighted by Crippen LogP contribution is 2.16. The lowest BCUT2D eigenvalue weighted by Crippen LogP contribution is -2.09. The summed E-state index contributed by atoms with van der Waals surface area (Å²) in [4.78, 5) is 23.2. The van der Waals surface area contributed by atoms with Crippen molar-refractivity contribution < 1.29 is 19.7 Å². The number of carboxylic acid groups (broad SMARTS) is 1. The molecular weight excluding hydrogens is 198 g/mol. The maximum Gasteiger partial charge on any atom is 0.333 e. The number of hydrogen-bond acceptors (Lipinski definition) is 4. The van der Waals surface area contributed by atoms with Gasteiger partial charge in [0.1, 0.15) is 0 Å². The van der Waals surface area contributed by atoms with E-state index in [9.17, 15) is 4.79 Å². The van der Waals surface area contributed by atoms with E-state index in [1.165, 1.54) is 7.11 Å². The Kier molecular flexibility index (Phi) is 4.30. The largest absolute Gasteiger partial charge is 0.479 e. The van der Waals surface area contributed by atoms with Crippen molar-refractivity contribution in [1.29, 1.82) is 0 Å². The maximum absolute atomic E-state index is 10.9. The molecule has 0 radical (unpaired) electrons. The topological polar surface area (TPSA) is 68.1 Å². The van der Waals surface area contributed by atoms with E-state index in [4.69, 9.17) is 5.11 Å². The fraction of sp³-hybridized carbons (Fsp3) is 0.200. The van der Waals surface area contributed by atoms with E-state index in [0.717, 1.165) is 6.40 Å². The van der Waals surface area contributed by atoms with Crippen molar-refractivity contribution in [3.8, 4) is 0 Å². The molecule has 1 N–H and O–H groups in total. The summed E-state index contributed by atoms with van der Waals surface area (Å²) in [6.07, 6.45) is 0.964. The third-order valence-electron chi connectivity index (χ3n) is 1.70. The molecular formula is C10H11NO4. The second kappa shape index (κ2) is 5.77. The molecule has 1 rings (SSSR count). The van der Waals surface area contributed by atoms with E-state index in [1.807, 2.05) is 0 Å². The zero-order valence-electron chi connectivity index (χ0n) is 8.16. The molecule has 5 heteroatoms. The molecule has 80 valence electrons. The quantitative estimate of drug-likeness (QED) is 0.344. The minimum absolute atomic E-state index is 0.584. The zero-order valence-corrected chi connectivity index (χ0v) is 8.16. The number of carboxylic acids is 1. The summed E-state index contributed by atoms with van der Waals surface area (Å²) in [6.45, 7) is 0. The lowest BCUT2D eigenvalue weighted by Gasteiger charge is -2.06. The van der Waals surface area contributed by atoms with Crippen LogP contribution < -0.4 is 0 Å². The summed E-state index contributed by atoms with van der Waals surface area (Å²) < 4.78 is 0. The van der Waals surface area contributed by atoms with Crippen LogP contribution in [0, 0.1) is 0 Å². The van der Waals surface area contributed by atoms with E-state index in [0.29, 0.717) is 5.56 Å². The van der Waals surface area contributed by atoms with Crippen molar-refractivity contribution in [3.63, 3.8) is 0 Å². The highest BCUT2D eigenvalue weighted by molar-refractivity contribution is 5.77. The third kappa shape index (κ3) is 3.40. The van der Waals surface area contributed by atoms with Crippen LogP contribution in [0.3, 0.4) is 0 Å². The molecule has 15 heavy (non-hydrogen) atoms. The first-order chi connectivity index (χ1) is 7.25. The first-order valence-electron chi connectivity index (χ1n) is 4.24. The standard InChI is InChI=1S/C10H11NO4/c1-14-15-7-11-9(10(12)13)8-5-3-2-4-6-8/h2-7,9H,1H3,(H,12,13)/b11-7+/t9-/m1/s1. The van der Waals surface area contributed by atoms with Gasteiger partial charge in [0, 0.05) is 0 Å². The third-order valence-corrected chi connectivity index (χ3v) is 1.70. The number of aliphatic carboxylic acids is 1. The van der Waals surface area contributed by atoms with Crippen LogP contribution in [0.15, 0.2) is 35.3 Å². The summed E-state index contributed by atoms with van der Waals surface area (Å²) in [5.41, 5.74) is 0.584. The van der Waals surface area contributed by atoms with E-state index in [2.05, 4.69) is 14.8 Å². The van der Waals surface area contributed by atoms with Crippen LogP contribution in [0.25, 0.3) is 0 Å². The number of benzene rings is 1. The van der Waals surface area contributed by atoms with Gasteiger partial charge in [-0.15, -0.1) is 0 Å². The molecule has 0 aliphatic heterocycles. The number of hydrogen-bond donors (Lipinski definition) is 1. The highest BCUT2D eigenvalue weighted by Gasteiger charge is 2.17. The normalized spacial score (nSPS) is 12.6. The number of nitrogens with zero attached hydrogens (tertiary/aromatic N) is 1. The minimum atomic E-state index is -1.04. The van der Waals surface area contributed by atoms with Crippen molar-refractivity contribution in [3.05, 3.63) is 35.9 Å². The smallest absolute Gasteiger partial charge is 0.333 e. The maximum atomic E-state index is 10.9. The predicted molar refractivity (Wildman–Crippen MR) is 53.4 cm³/mol. The average Bonchev–Trinajstić information content (AvgIpc) is 2.25. The van der Waals surface area contributed by atoms with E-state index in [-0.39, 0.29) is 0 Å². The first kappa shape index (κ1) is 11.2. The molecule has 0 saturated carbocycles. The molecule has 0 unspecified atom stereocenters. The molecule has 0 amide bonds. The molecule has 0 saturated heterocycles. The Morgan fingerprint density at radius 2 is 2.13 bits per heavy atom. The van der Waals surface area contributed by atoms with Crippen LogP contribution in [-0.4, -0.2) is 24.6 Å². The Morgan fingerprint density at radius 1 is 1.47 bits per heavy atom. The van der Waals surface area contributed by atoms with Crippen LogP contribution in [-0.2, 0) is 14.6 Å². The molecule has 1 atom stereocenters. The van der Waals surface area contributed by atoms with Crippen molar-refractivity contribution in [2.75, 3.05) is 7.11 Å². The molecule has 0 fully saturated rings. The zero-order chi connectivity index (χ0) is 11.1. The summed E-state index contributed by atoms with van der Waals surface area (Å²) in [5, 5.41) is 8.92. The molecule has 5 nitrogen and oxygen atoms in total. The second-order valence-electron chi connectivity index (χ2n) is 2.67. The Balaban J connectivity index is 2.80. The van der Waals surface area contributed by atoms with Gasteiger partial charge in [0.25, 0.3) is 0 Å². The van der Waals surface area contributed by atoms with Gasteiger partial charge >= 0.3 is 5.97 Å². The Hall–Kier alpha value is -1.88. The van der Waals surface area contributed by atoms with Crippen molar-refractivity contribution in [2.45, 2.75) is 6.04 Å². The van der Waals surface area contributed by atoms with Crippen LogP contribution in [0.1, 0.15) is 11.6 Å². The van der Waals surface area contributed by atoms with Crippen LogP contribution in [0.2, 0.25) is 0 Å². The molecule has 0 bridgehead atoms. The monoisotopic (exact) mass is 209 g/mol. The van der Waals surface area contributed by atoms with Crippen molar-refractivity contribution >= 4 is 12.4 Å². The SMILES string of the molecule is COO/C=N/[C@@H](C(=O)O)c1ccccc1. The van der Waals surface area contributed by atoms with E-state index < -0.39 is 12.0 Å². The molecule has 0 aromatic heterocycles. The minimum Gasteiger partial charge on any atom is -0.479 e. The van der Waals surface area contributed by atoms with Gasteiger partial charge in [-0.3, -0.25) is 0 Å². The lowest BCUT2D eigenvalue weighted by molar-refractivity contribution is -0.188.